The molecule has 98 valence electrons. The minimum atomic E-state index is -3.08. The second-order valence-electron chi connectivity index (χ2n) is 3.52. The Morgan fingerprint density at radius 1 is 1.12 bits per heavy atom. The summed E-state index contributed by atoms with van der Waals surface area (Å²) in [6, 6.07) is 9.64. The predicted octanol–water partition coefficient (Wildman–Crippen LogP) is 1.32. The first-order valence-electron chi connectivity index (χ1n) is 5.24. The van der Waals surface area contributed by atoms with E-state index in [1.807, 2.05) is 30.3 Å². The molecule has 6 heteroatoms. The molecular weight excluding hydrogens is 262 g/mol. The third kappa shape index (κ3) is 7.20. The zero-order valence-electron chi connectivity index (χ0n) is 9.50. The fourth-order valence-corrected chi connectivity index (χ4v) is 2.39. The van der Waals surface area contributed by atoms with Gasteiger partial charge in [0.25, 0.3) is 0 Å². The normalized spacial score (nSPS) is 10.6. The van der Waals surface area contributed by atoms with E-state index >= 15 is 0 Å². The van der Waals surface area contributed by atoms with Gasteiger partial charge in [-0.2, -0.15) is 0 Å². The van der Waals surface area contributed by atoms with Crippen molar-refractivity contribution in [2.45, 2.75) is 6.42 Å². The van der Waals surface area contributed by atoms with Crippen LogP contribution in [0.5, 0.6) is 0 Å². The van der Waals surface area contributed by atoms with Crippen molar-refractivity contribution in [3.63, 3.8) is 0 Å². The minimum Gasteiger partial charge on any atom is -0.395 e. The molecule has 0 radical (unpaired) electrons. The fourth-order valence-electron chi connectivity index (χ4n) is 1.32. The lowest BCUT2D eigenvalue weighted by molar-refractivity contribution is 0.319. The van der Waals surface area contributed by atoms with Crippen LogP contribution in [0.1, 0.15) is 6.42 Å². The zero-order chi connectivity index (χ0) is 11.9. The molecule has 0 aliphatic carbocycles. The Balaban J connectivity index is 0.00000256. The number of rotatable bonds is 7. The van der Waals surface area contributed by atoms with Crippen molar-refractivity contribution in [3.05, 3.63) is 30.3 Å². The Morgan fingerprint density at radius 3 is 2.35 bits per heavy atom. The van der Waals surface area contributed by atoms with Gasteiger partial charge in [0.05, 0.1) is 18.1 Å². The van der Waals surface area contributed by atoms with Crippen LogP contribution in [-0.4, -0.2) is 38.2 Å². The first kappa shape index (κ1) is 16.2. The Morgan fingerprint density at radius 2 is 1.76 bits per heavy atom. The fraction of sp³-hybridized carbons (Fsp3) is 0.455. The maximum Gasteiger partial charge on any atom is 0.152 e. The van der Waals surface area contributed by atoms with Gasteiger partial charge in [-0.05, 0) is 18.6 Å². The van der Waals surface area contributed by atoms with Gasteiger partial charge < -0.3 is 10.4 Å². The number of halogens is 1. The smallest absolute Gasteiger partial charge is 0.152 e. The Bertz CT molecular complexity index is 394. The maximum absolute atomic E-state index is 11.3. The van der Waals surface area contributed by atoms with Crippen molar-refractivity contribution >= 4 is 27.9 Å². The lowest BCUT2D eigenvalue weighted by Crippen LogP contribution is -2.16. The molecule has 17 heavy (non-hydrogen) atoms. The van der Waals surface area contributed by atoms with E-state index in [1.165, 1.54) is 0 Å². The van der Waals surface area contributed by atoms with Crippen LogP contribution in [0.25, 0.3) is 0 Å². The van der Waals surface area contributed by atoms with E-state index in [1.54, 1.807) is 0 Å². The van der Waals surface area contributed by atoms with E-state index in [9.17, 15) is 8.42 Å². The maximum atomic E-state index is 11.3. The number of sulfone groups is 1. The molecule has 0 heterocycles. The molecule has 0 atom stereocenters. The van der Waals surface area contributed by atoms with Crippen LogP contribution in [0, 0.1) is 0 Å². The van der Waals surface area contributed by atoms with Crippen LogP contribution in [0.2, 0.25) is 0 Å². The van der Waals surface area contributed by atoms with Crippen LogP contribution in [0.15, 0.2) is 30.3 Å². The number of nitrogens with one attached hydrogen (secondary N) is 1. The van der Waals surface area contributed by atoms with Crippen molar-refractivity contribution in [1.82, 2.24) is 0 Å². The van der Waals surface area contributed by atoms with Crippen molar-refractivity contribution < 1.29 is 13.5 Å². The molecule has 1 rings (SSSR count). The summed E-state index contributed by atoms with van der Waals surface area (Å²) < 4.78 is 22.5. The molecule has 0 spiro atoms. The largest absolute Gasteiger partial charge is 0.395 e. The van der Waals surface area contributed by atoms with Crippen molar-refractivity contribution in [2.24, 2.45) is 0 Å². The van der Waals surface area contributed by atoms with E-state index in [4.69, 9.17) is 5.11 Å². The van der Waals surface area contributed by atoms with Gasteiger partial charge in [-0.3, -0.25) is 0 Å². The molecule has 0 bridgehead atoms. The topological polar surface area (TPSA) is 66.4 Å². The van der Waals surface area contributed by atoms with Crippen molar-refractivity contribution in [2.75, 3.05) is 30.0 Å². The highest BCUT2D eigenvalue weighted by molar-refractivity contribution is 7.91. The molecule has 4 nitrogen and oxygen atoms in total. The van der Waals surface area contributed by atoms with Gasteiger partial charge in [0, 0.05) is 12.2 Å². The average Bonchev–Trinajstić information content (AvgIpc) is 2.26. The number of aliphatic hydroxyl groups is 1. The number of benzene rings is 1. The molecule has 0 unspecified atom stereocenters. The number of para-hydroxylation sites is 1. The van der Waals surface area contributed by atoms with Crippen LogP contribution in [-0.2, 0) is 9.84 Å². The van der Waals surface area contributed by atoms with Crippen LogP contribution < -0.4 is 5.32 Å². The van der Waals surface area contributed by atoms with Gasteiger partial charge in [0.1, 0.15) is 0 Å². The molecular formula is C11H18ClNO3S. The van der Waals surface area contributed by atoms with Crippen LogP contribution >= 0.6 is 12.4 Å². The van der Waals surface area contributed by atoms with Gasteiger partial charge in [-0.1, -0.05) is 18.2 Å². The highest BCUT2D eigenvalue weighted by Crippen LogP contribution is 2.04. The van der Waals surface area contributed by atoms with Gasteiger partial charge in [-0.15, -0.1) is 12.4 Å². The van der Waals surface area contributed by atoms with Gasteiger partial charge >= 0.3 is 0 Å². The SMILES string of the molecule is Cl.O=S(=O)(CCO)CCCNc1ccccc1. The summed E-state index contributed by atoms with van der Waals surface area (Å²) in [5.41, 5.74) is 0.988. The van der Waals surface area contributed by atoms with Gasteiger partial charge in [0.2, 0.25) is 0 Å². The number of aliphatic hydroxyl groups excluding tert-OH is 1. The summed E-state index contributed by atoms with van der Waals surface area (Å²) in [4.78, 5) is 0. The van der Waals surface area contributed by atoms with Gasteiger partial charge in [-0.25, -0.2) is 8.42 Å². The molecule has 0 amide bonds. The summed E-state index contributed by atoms with van der Waals surface area (Å²) in [6.45, 7) is 0.323. The highest BCUT2D eigenvalue weighted by Gasteiger charge is 2.08. The molecule has 1 aromatic carbocycles. The quantitative estimate of drug-likeness (QED) is 0.739. The van der Waals surface area contributed by atoms with E-state index in [-0.39, 0.29) is 30.5 Å². The number of hydrogen-bond acceptors (Lipinski definition) is 4. The summed E-state index contributed by atoms with van der Waals surface area (Å²) >= 11 is 0. The lowest BCUT2D eigenvalue weighted by atomic mass is 10.3. The first-order chi connectivity index (χ1) is 7.64. The molecule has 0 saturated carbocycles. The minimum absolute atomic E-state index is 0. The van der Waals surface area contributed by atoms with E-state index in [2.05, 4.69) is 5.32 Å². The summed E-state index contributed by atoms with van der Waals surface area (Å²) in [6.07, 6.45) is 0.553. The molecule has 0 saturated heterocycles. The molecule has 0 aliphatic heterocycles. The van der Waals surface area contributed by atoms with E-state index < -0.39 is 9.84 Å². The molecule has 0 aliphatic rings. The predicted molar refractivity (Wildman–Crippen MR) is 72.5 cm³/mol. The molecule has 0 aromatic heterocycles. The van der Waals surface area contributed by atoms with Gasteiger partial charge in [0.15, 0.2) is 9.84 Å². The Hall–Kier alpha value is -0.780. The summed E-state index contributed by atoms with van der Waals surface area (Å²) in [5, 5.41) is 11.7. The Labute approximate surface area is 108 Å². The number of hydrogen-bond donors (Lipinski definition) is 2. The van der Waals surface area contributed by atoms with E-state index in [0.717, 1.165) is 5.69 Å². The lowest BCUT2D eigenvalue weighted by Gasteiger charge is -2.06. The molecule has 2 N–H and O–H groups in total. The summed E-state index contributed by atoms with van der Waals surface area (Å²) in [7, 11) is -3.08. The number of anilines is 1. The second-order valence-corrected chi connectivity index (χ2v) is 5.83. The third-order valence-electron chi connectivity index (χ3n) is 2.14. The third-order valence-corrected chi connectivity index (χ3v) is 3.85. The van der Waals surface area contributed by atoms with Crippen molar-refractivity contribution in [1.29, 1.82) is 0 Å². The zero-order valence-corrected chi connectivity index (χ0v) is 11.1. The summed E-state index contributed by atoms with van der Waals surface area (Å²) in [5.74, 6) is -0.0221. The molecule has 0 fully saturated rings. The average molecular weight is 280 g/mol. The monoisotopic (exact) mass is 279 g/mol. The first-order valence-corrected chi connectivity index (χ1v) is 7.06. The van der Waals surface area contributed by atoms with Crippen LogP contribution in [0.4, 0.5) is 5.69 Å². The second kappa shape index (κ2) is 8.33. The Kier molecular flexibility index (Phi) is 7.95. The highest BCUT2D eigenvalue weighted by atomic mass is 35.5. The molecule has 1 aromatic rings. The standard InChI is InChI=1S/C11H17NO3S.ClH/c13-8-10-16(14,15)9-4-7-12-11-5-2-1-3-6-11;/h1-3,5-6,12-13H,4,7-10H2;1H. The van der Waals surface area contributed by atoms with E-state index in [0.29, 0.717) is 13.0 Å². The van der Waals surface area contributed by atoms with Crippen LogP contribution in [0.3, 0.4) is 0 Å². The van der Waals surface area contributed by atoms with Crippen molar-refractivity contribution in [3.8, 4) is 0 Å².